The minimum atomic E-state index is -0.0361. The first-order valence-corrected chi connectivity index (χ1v) is 8.23. The summed E-state index contributed by atoms with van der Waals surface area (Å²) < 4.78 is 5.54. The first-order valence-electron chi connectivity index (χ1n) is 7.35. The van der Waals surface area contributed by atoms with Gasteiger partial charge in [-0.05, 0) is 19.1 Å². The van der Waals surface area contributed by atoms with Crippen molar-refractivity contribution in [2.24, 2.45) is 0 Å². The average Bonchev–Trinajstić information content (AvgIpc) is 2.95. The van der Waals surface area contributed by atoms with Crippen LogP contribution in [0.2, 0.25) is 0 Å². The van der Waals surface area contributed by atoms with E-state index >= 15 is 0 Å². The van der Waals surface area contributed by atoms with Crippen LogP contribution in [0.5, 0.6) is 0 Å². The molecule has 1 aliphatic heterocycles. The molecule has 1 aromatic carbocycles. The molecule has 1 atom stereocenters. The van der Waals surface area contributed by atoms with E-state index in [2.05, 4.69) is 15.6 Å². The largest absolute Gasteiger partial charge is 0.375 e. The highest BCUT2D eigenvalue weighted by molar-refractivity contribution is 7.09. The molecule has 0 radical (unpaired) electrons. The molecule has 3 rings (SSSR count). The van der Waals surface area contributed by atoms with Crippen molar-refractivity contribution in [2.45, 2.75) is 19.4 Å². The standard InChI is InChI=1S/C16H19N3O2S.ClH/c1-11-18-15(10-22-11)12-2-4-13(5-3-12)19-16(20)8-14-9-17-6-7-21-14;/h2-5,10,14,17H,6-9H2,1H3,(H,19,20);1H. The summed E-state index contributed by atoms with van der Waals surface area (Å²) in [6.07, 6.45) is 0.339. The molecule has 124 valence electrons. The number of morpholine rings is 1. The quantitative estimate of drug-likeness (QED) is 0.887. The molecule has 0 saturated carbocycles. The van der Waals surface area contributed by atoms with Gasteiger partial charge in [0, 0.05) is 29.7 Å². The van der Waals surface area contributed by atoms with Crippen molar-refractivity contribution in [1.29, 1.82) is 0 Å². The minimum Gasteiger partial charge on any atom is -0.375 e. The lowest BCUT2D eigenvalue weighted by Gasteiger charge is -2.23. The van der Waals surface area contributed by atoms with E-state index in [4.69, 9.17) is 4.74 Å². The third-order valence-electron chi connectivity index (χ3n) is 3.50. The van der Waals surface area contributed by atoms with Crippen LogP contribution in [0, 0.1) is 6.92 Å². The molecule has 1 saturated heterocycles. The maximum Gasteiger partial charge on any atom is 0.227 e. The van der Waals surface area contributed by atoms with Gasteiger partial charge in [0.1, 0.15) is 0 Å². The monoisotopic (exact) mass is 353 g/mol. The number of carbonyl (C=O) groups is 1. The predicted molar refractivity (Wildman–Crippen MR) is 95.4 cm³/mol. The predicted octanol–water partition coefficient (Wildman–Crippen LogP) is 2.86. The van der Waals surface area contributed by atoms with Gasteiger partial charge < -0.3 is 15.4 Å². The fraction of sp³-hybridized carbons (Fsp3) is 0.375. The number of nitrogens with zero attached hydrogens (tertiary/aromatic N) is 1. The Kier molecular flexibility index (Phi) is 6.53. The summed E-state index contributed by atoms with van der Waals surface area (Å²) in [5.41, 5.74) is 2.83. The van der Waals surface area contributed by atoms with Gasteiger partial charge >= 0.3 is 0 Å². The van der Waals surface area contributed by atoms with E-state index in [1.54, 1.807) is 11.3 Å². The van der Waals surface area contributed by atoms with Gasteiger partial charge in [-0.3, -0.25) is 4.79 Å². The van der Waals surface area contributed by atoms with Crippen molar-refractivity contribution in [1.82, 2.24) is 10.3 Å². The number of rotatable bonds is 4. The van der Waals surface area contributed by atoms with E-state index in [0.29, 0.717) is 13.0 Å². The number of thiazole rings is 1. The highest BCUT2D eigenvalue weighted by Gasteiger charge is 2.17. The number of amides is 1. The summed E-state index contributed by atoms with van der Waals surface area (Å²) in [4.78, 5) is 16.5. The van der Waals surface area contributed by atoms with E-state index in [9.17, 15) is 4.79 Å². The third kappa shape index (κ3) is 5.00. The maximum atomic E-state index is 12.0. The third-order valence-corrected chi connectivity index (χ3v) is 4.27. The summed E-state index contributed by atoms with van der Waals surface area (Å²) >= 11 is 1.63. The molecule has 0 bridgehead atoms. The number of aromatic nitrogens is 1. The summed E-state index contributed by atoms with van der Waals surface area (Å²) in [7, 11) is 0. The Morgan fingerprint density at radius 1 is 1.43 bits per heavy atom. The number of benzene rings is 1. The number of ether oxygens (including phenoxy) is 1. The fourth-order valence-corrected chi connectivity index (χ4v) is 3.01. The fourth-order valence-electron chi connectivity index (χ4n) is 2.39. The summed E-state index contributed by atoms with van der Waals surface area (Å²) in [6, 6.07) is 7.76. The molecule has 23 heavy (non-hydrogen) atoms. The summed E-state index contributed by atoms with van der Waals surface area (Å²) in [5.74, 6) is -0.0223. The van der Waals surface area contributed by atoms with Crippen molar-refractivity contribution in [3.63, 3.8) is 0 Å². The van der Waals surface area contributed by atoms with Gasteiger partial charge in [0.05, 0.1) is 29.8 Å². The topological polar surface area (TPSA) is 63.2 Å². The maximum absolute atomic E-state index is 12.0. The smallest absolute Gasteiger partial charge is 0.227 e. The SMILES string of the molecule is Cc1nc(-c2ccc(NC(=O)CC3CNCCO3)cc2)cs1.Cl. The van der Waals surface area contributed by atoms with E-state index in [0.717, 1.165) is 35.0 Å². The number of hydrogen-bond donors (Lipinski definition) is 2. The lowest BCUT2D eigenvalue weighted by atomic mass is 10.1. The number of halogens is 1. The van der Waals surface area contributed by atoms with Gasteiger partial charge in [0.2, 0.25) is 5.91 Å². The molecule has 2 aromatic rings. The Bertz CT molecular complexity index is 639. The van der Waals surface area contributed by atoms with Crippen LogP contribution >= 0.6 is 23.7 Å². The average molecular weight is 354 g/mol. The van der Waals surface area contributed by atoms with Crippen LogP contribution in [0.1, 0.15) is 11.4 Å². The molecule has 1 amide bonds. The number of anilines is 1. The van der Waals surface area contributed by atoms with Crippen LogP contribution in [0.15, 0.2) is 29.6 Å². The Morgan fingerprint density at radius 2 is 2.22 bits per heavy atom. The van der Waals surface area contributed by atoms with Crippen LogP contribution < -0.4 is 10.6 Å². The van der Waals surface area contributed by atoms with Crippen molar-refractivity contribution >= 4 is 35.3 Å². The van der Waals surface area contributed by atoms with Gasteiger partial charge in [-0.2, -0.15) is 0 Å². The summed E-state index contributed by atoms with van der Waals surface area (Å²) in [6.45, 7) is 4.25. The van der Waals surface area contributed by atoms with Crippen LogP contribution in [-0.4, -0.2) is 36.7 Å². The van der Waals surface area contributed by atoms with Crippen LogP contribution in [0.4, 0.5) is 5.69 Å². The summed E-state index contributed by atoms with van der Waals surface area (Å²) in [5, 5.41) is 9.22. The zero-order valence-electron chi connectivity index (χ0n) is 12.9. The van der Waals surface area contributed by atoms with Gasteiger partial charge in [0.25, 0.3) is 0 Å². The number of hydrogen-bond acceptors (Lipinski definition) is 5. The van der Waals surface area contributed by atoms with E-state index in [1.165, 1.54) is 0 Å². The lowest BCUT2D eigenvalue weighted by molar-refractivity contribution is -0.119. The van der Waals surface area contributed by atoms with Crippen LogP contribution in [-0.2, 0) is 9.53 Å². The van der Waals surface area contributed by atoms with Crippen molar-refractivity contribution in [3.05, 3.63) is 34.7 Å². The Hall–Kier alpha value is -1.47. The molecule has 0 spiro atoms. The second-order valence-corrected chi connectivity index (χ2v) is 6.34. The number of nitrogens with one attached hydrogen (secondary N) is 2. The second-order valence-electron chi connectivity index (χ2n) is 5.28. The molecule has 2 N–H and O–H groups in total. The first kappa shape index (κ1) is 17.9. The molecule has 1 fully saturated rings. The normalized spacial score (nSPS) is 17.3. The molecule has 5 nitrogen and oxygen atoms in total. The molecule has 1 aliphatic rings. The molecule has 0 aliphatic carbocycles. The van der Waals surface area contributed by atoms with Crippen molar-refractivity contribution in [3.8, 4) is 11.3 Å². The first-order chi connectivity index (χ1) is 10.7. The van der Waals surface area contributed by atoms with Gasteiger partial charge in [0.15, 0.2) is 0 Å². The van der Waals surface area contributed by atoms with E-state index < -0.39 is 0 Å². The Morgan fingerprint density at radius 3 is 2.83 bits per heavy atom. The molecule has 1 aromatic heterocycles. The minimum absolute atomic E-state index is 0. The highest BCUT2D eigenvalue weighted by Crippen LogP contribution is 2.23. The zero-order chi connectivity index (χ0) is 15.4. The second kappa shape index (κ2) is 8.40. The van der Waals surface area contributed by atoms with Gasteiger partial charge in [-0.15, -0.1) is 23.7 Å². The molecule has 1 unspecified atom stereocenters. The van der Waals surface area contributed by atoms with Crippen molar-refractivity contribution in [2.75, 3.05) is 25.0 Å². The van der Waals surface area contributed by atoms with Gasteiger partial charge in [-0.1, -0.05) is 12.1 Å². The zero-order valence-corrected chi connectivity index (χ0v) is 14.5. The number of aryl methyl sites for hydroxylation is 1. The highest BCUT2D eigenvalue weighted by atomic mass is 35.5. The molecule has 7 heteroatoms. The van der Waals surface area contributed by atoms with Crippen LogP contribution in [0.25, 0.3) is 11.3 Å². The number of carbonyl (C=O) groups excluding carboxylic acids is 1. The van der Waals surface area contributed by atoms with E-state index in [-0.39, 0.29) is 24.4 Å². The van der Waals surface area contributed by atoms with Gasteiger partial charge in [-0.25, -0.2) is 4.98 Å². The Balaban J connectivity index is 0.00000192. The lowest BCUT2D eigenvalue weighted by Crippen LogP contribution is -2.40. The van der Waals surface area contributed by atoms with Crippen LogP contribution in [0.3, 0.4) is 0 Å². The Labute approximate surface area is 145 Å². The molecule has 2 heterocycles. The molecular weight excluding hydrogens is 334 g/mol. The molecular formula is C16H20ClN3O2S. The van der Waals surface area contributed by atoms with E-state index in [1.807, 2.05) is 36.6 Å². The van der Waals surface area contributed by atoms with Crippen molar-refractivity contribution < 1.29 is 9.53 Å².